The maximum absolute atomic E-state index is 12.4. The van der Waals surface area contributed by atoms with Gasteiger partial charge in [0.1, 0.15) is 12.2 Å². The molecule has 0 spiro atoms. The highest BCUT2D eigenvalue weighted by molar-refractivity contribution is 5.91. The van der Waals surface area contributed by atoms with Gasteiger partial charge in [-0.15, -0.1) is 0 Å². The average Bonchev–Trinajstić information content (AvgIpc) is 3.46. The summed E-state index contributed by atoms with van der Waals surface area (Å²) in [7, 11) is 0. The Kier molecular flexibility index (Phi) is 9.24. The molecule has 0 bridgehead atoms. The van der Waals surface area contributed by atoms with E-state index in [1.165, 1.54) is 11.1 Å². The zero-order chi connectivity index (χ0) is 25.3. The fourth-order valence-corrected chi connectivity index (χ4v) is 5.03. The maximum Gasteiger partial charge on any atom is 0.331 e. The van der Waals surface area contributed by atoms with Gasteiger partial charge in [0.25, 0.3) is 0 Å². The van der Waals surface area contributed by atoms with Crippen molar-refractivity contribution in [3.63, 3.8) is 0 Å². The van der Waals surface area contributed by atoms with Crippen LogP contribution in [0, 0.1) is 11.8 Å². The van der Waals surface area contributed by atoms with Gasteiger partial charge in [0.2, 0.25) is 0 Å². The van der Waals surface area contributed by atoms with Gasteiger partial charge in [0, 0.05) is 63.3 Å². The van der Waals surface area contributed by atoms with E-state index < -0.39 is 11.9 Å². The van der Waals surface area contributed by atoms with E-state index in [1.54, 1.807) is 0 Å². The molecule has 8 nitrogen and oxygen atoms in total. The molecule has 0 saturated carbocycles. The summed E-state index contributed by atoms with van der Waals surface area (Å²) in [4.78, 5) is 29.3. The van der Waals surface area contributed by atoms with Crippen molar-refractivity contribution >= 4 is 11.9 Å². The first kappa shape index (κ1) is 26.0. The number of likely N-dealkylation sites (tertiary alicyclic amines) is 2. The van der Waals surface area contributed by atoms with Gasteiger partial charge in [-0.2, -0.15) is 0 Å². The molecule has 2 saturated heterocycles. The molecule has 36 heavy (non-hydrogen) atoms. The van der Waals surface area contributed by atoms with E-state index in [4.69, 9.17) is 20.9 Å². The monoisotopic (exact) mass is 492 g/mol. The minimum Gasteiger partial charge on any atom is -0.457 e. The lowest BCUT2D eigenvalue weighted by Gasteiger charge is -2.17. The fourth-order valence-electron chi connectivity index (χ4n) is 5.03. The lowest BCUT2D eigenvalue weighted by Crippen LogP contribution is -2.31. The van der Waals surface area contributed by atoms with Crippen molar-refractivity contribution < 1.29 is 19.1 Å². The second kappa shape index (κ2) is 12.8. The Morgan fingerprint density at radius 3 is 1.44 bits per heavy atom. The van der Waals surface area contributed by atoms with E-state index in [1.807, 2.05) is 36.4 Å². The summed E-state index contributed by atoms with van der Waals surface area (Å²) in [5, 5.41) is 0. The average molecular weight is 493 g/mol. The number of nitrogens with two attached hydrogens (primary N) is 2. The van der Waals surface area contributed by atoms with E-state index in [9.17, 15) is 9.59 Å². The summed E-state index contributed by atoms with van der Waals surface area (Å²) >= 11 is 0. The van der Waals surface area contributed by atoms with Gasteiger partial charge in [0.15, 0.2) is 0 Å². The Morgan fingerprint density at radius 1 is 0.694 bits per heavy atom. The number of hydrogen-bond donors (Lipinski definition) is 2. The van der Waals surface area contributed by atoms with Crippen LogP contribution in [0.1, 0.15) is 11.1 Å². The summed E-state index contributed by atoms with van der Waals surface area (Å²) in [5.74, 6) is -1.02. The molecule has 2 aromatic carbocycles. The van der Waals surface area contributed by atoms with Crippen molar-refractivity contribution in [2.75, 3.05) is 39.3 Å². The molecule has 0 aliphatic carbocycles. The third-order valence-electron chi connectivity index (χ3n) is 6.91. The smallest absolute Gasteiger partial charge is 0.331 e. The van der Waals surface area contributed by atoms with Crippen LogP contribution in [0.25, 0.3) is 0 Å². The van der Waals surface area contributed by atoms with Gasteiger partial charge < -0.3 is 20.9 Å². The third-order valence-corrected chi connectivity index (χ3v) is 6.91. The molecular formula is C28H36N4O4. The number of esters is 2. The molecule has 4 unspecified atom stereocenters. The molecule has 192 valence electrons. The Morgan fingerprint density at radius 2 is 1.08 bits per heavy atom. The molecule has 4 N–H and O–H groups in total. The lowest BCUT2D eigenvalue weighted by atomic mass is 10.1. The van der Waals surface area contributed by atoms with E-state index >= 15 is 0 Å². The van der Waals surface area contributed by atoms with Crippen LogP contribution in [-0.4, -0.2) is 73.2 Å². The van der Waals surface area contributed by atoms with Crippen LogP contribution >= 0.6 is 0 Å². The standard InChI is InChI=1S/C28H36N4O4/c29-13-23-17-31(15-21-7-3-1-4-8-21)19-25(23)35-27(33)11-12-28(34)36-26-20-32(18-24(26)14-30)16-22-9-5-2-6-10-22/h1-12,23-26H,13-20,29-30H2/b12-11-. The molecular weight excluding hydrogens is 456 g/mol. The van der Waals surface area contributed by atoms with Crippen molar-refractivity contribution in [3.05, 3.63) is 83.9 Å². The number of rotatable bonds is 10. The van der Waals surface area contributed by atoms with Crippen LogP contribution in [0.3, 0.4) is 0 Å². The van der Waals surface area contributed by atoms with E-state index in [-0.39, 0.29) is 24.0 Å². The van der Waals surface area contributed by atoms with Crippen LogP contribution in [0.4, 0.5) is 0 Å². The summed E-state index contributed by atoms with van der Waals surface area (Å²) in [6, 6.07) is 20.3. The number of ether oxygens (including phenoxy) is 2. The highest BCUT2D eigenvalue weighted by Gasteiger charge is 2.35. The molecule has 4 rings (SSSR count). The molecule has 8 heteroatoms. The molecule has 2 aromatic rings. The Bertz CT molecular complexity index is 935. The highest BCUT2D eigenvalue weighted by Crippen LogP contribution is 2.23. The molecule has 0 aromatic heterocycles. The van der Waals surface area contributed by atoms with Crippen LogP contribution in [0.5, 0.6) is 0 Å². The van der Waals surface area contributed by atoms with Crippen molar-refractivity contribution in [3.8, 4) is 0 Å². The number of carbonyl (C=O) groups excluding carboxylic acids is 2. The van der Waals surface area contributed by atoms with Crippen LogP contribution in [-0.2, 0) is 32.2 Å². The minimum absolute atomic E-state index is 0.0532. The SMILES string of the molecule is NCC1CN(Cc2ccccc2)CC1OC(=O)/C=C\C(=O)OC1CN(Cc2ccccc2)CC1CN. The number of hydrogen-bond acceptors (Lipinski definition) is 8. The summed E-state index contributed by atoms with van der Waals surface area (Å²) in [6.45, 7) is 5.15. The zero-order valence-electron chi connectivity index (χ0n) is 20.6. The van der Waals surface area contributed by atoms with Crippen molar-refractivity contribution in [1.29, 1.82) is 0 Å². The summed E-state index contributed by atoms with van der Waals surface area (Å²) in [6.07, 6.45) is 1.66. The Labute approximate surface area is 212 Å². The van der Waals surface area contributed by atoms with E-state index in [2.05, 4.69) is 34.1 Å². The van der Waals surface area contributed by atoms with Gasteiger partial charge in [-0.05, 0) is 24.2 Å². The normalized spacial score (nSPS) is 24.8. The molecule has 2 aliphatic rings. The first-order valence-corrected chi connectivity index (χ1v) is 12.6. The molecule has 2 fully saturated rings. The number of benzene rings is 2. The number of nitrogens with zero attached hydrogens (tertiary/aromatic N) is 2. The third kappa shape index (κ3) is 7.24. The molecule has 0 amide bonds. The van der Waals surface area contributed by atoms with Crippen LogP contribution in [0.15, 0.2) is 72.8 Å². The topological polar surface area (TPSA) is 111 Å². The number of carbonyl (C=O) groups is 2. The predicted molar refractivity (Wildman–Crippen MR) is 137 cm³/mol. The summed E-state index contributed by atoms with van der Waals surface area (Å²) in [5.41, 5.74) is 14.3. The van der Waals surface area contributed by atoms with Crippen molar-refractivity contribution in [2.45, 2.75) is 25.3 Å². The second-order valence-corrected chi connectivity index (χ2v) is 9.63. The molecule has 0 radical (unpaired) electrons. The Hall–Kier alpha value is -3.04. The molecule has 2 aliphatic heterocycles. The van der Waals surface area contributed by atoms with Gasteiger partial charge in [-0.25, -0.2) is 9.59 Å². The quantitative estimate of drug-likeness (QED) is 0.380. The fraction of sp³-hybridized carbons (Fsp3) is 0.429. The zero-order valence-corrected chi connectivity index (χ0v) is 20.6. The van der Waals surface area contributed by atoms with Gasteiger partial charge in [0.05, 0.1) is 0 Å². The van der Waals surface area contributed by atoms with Crippen LogP contribution < -0.4 is 11.5 Å². The predicted octanol–water partition coefficient (Wildman–Crippen LogP) is 1.55. The molecule has 4 atom stereocenters. The van der Waals surface area contributed by atoms with Crippen LogP contribution in [0.2, 0.25) is 0 Å². The van der Waals surface area contributed by atoms with Crippen molar-refractivity contribution in [1.82, 2.24) is 9.80 Å². The summed E-state index contributed by atoms with van der Waals surface area (Å²) < 4.78 is 11.3. The lowest BCUT2D eigenvalue weighted by molar-refractivity contribution is -0.146. The Balaban J connectivity index is 1.24. The van der Waals surface area contributed by atoms with Gasteiger partial charge in [-0.1, -0.05) is 60.7 Å². The maximum atomic E-state index is 12.4. The molecule has 2 heterocycles. The second-order valence-electron chi connectivity index (χ2n) is 9.63. The minimum atomic E-state index is -0.565. The largest absolute Gasteiger partial charge is 0.457 e. The highest BCUT2D eigenvalue weighted by atomic mass is 16.6. The first-order valence-electron chi connectivity index (χ1n) is 12.6. The van der Waals surface area contributed by atoms with Gasteiger partial charge >= 0.3 is 11.9 Å². The van der Waals surface area contributed by atoms with E-state index in [0.717, 1.165) is 38.3 Å². The van der Waals surface area contributed by atoms with Gasteiger partial charge in [-0.3, -0.25) is 9.80 Å². The van der Waals surface area contributed by atoms with E-state index in [0.29, 0.717) is 26.2 Å². The van der Waals surface area contributed by atoms with Crippen molar-refractivity contribution in [2.24, 2.45) is 23.3 Å². The first-order chi connectivity index (χ1) is 17.5.